The Hall–Kier alpha value is -1.55. The SMILES string of the molecule is CCCCNc1ccc(NC(=O)C[C@@H]2CCCNC2)cc1. The lowest BCUT2D eigenvalue weighted by molar-refractivity contribution is -0.117. The first-order valence-electron chi connectivity index (χ1n) is 8.12. The van der Waals surface area contributed by atoms with Gasteiger partial charge in [0.05, 0.1) is 0 Å². The zero-order valence-corrected chi connectivity index (χ0v) is 13.0. The lowest BCUT2D eigenvalue weighted by Gasteiger charge is -2.22. The summed E-state index contributed by atoms with van der Waals surface area (Å²) in [6.45, 7) is 5.23. The van der Waals surface area contributed by atoms with E-state index in [0.717, 1.165) is 37.4 Å². The number of carbonyl (C=O) groups excluding carboxylic acids is 1. The first kappa shape index (κ1) is 15.8. The molecule has 0 radical (unpaired) electrons. The minimum absolute atomic E-state index is 0.121. The van der Waals surface area contributed by atoms with Gasteiger partial charge in [0, 0.05) is 24.3 Å². The summed E-state index contributed by atoms with van der Waals surface area (Å²) in [4.78, 5) is 12.0. The fourth-order valence-corrected chi connectivity index (χ4v) is 2.65. The number of hydrogen-bond acceptors (Lipinski definition) is 3. The Morgan fingerprint density at radius 2 is 2.05 bits per heavy atom. The molecular weight excluding hydrogens is 262 g/mol. The molecule has 0 aliphatic carbocycles. The van der Waals surface area contributed by atoms with Gasteiger partial charge in [-0.25, -0.2) is 0 Å². The van der Waals surface area contributed by atoms with Crippen molar-refractivity contribution < 1.29 is 4.79 Å². The van der Waals surface area contributed by atoms with Crippen molar-refractivity contribution in [2.45, 2.75) is 39.0 Å². The predicted octanol–water partition coefficient (Wildman–Crippen LogP) is 3.23. The summed E-state index contributed by atoms with van der Waals surface area (Å²) in [5, 5.41) is 9.71. The molecule has 1 aliphatic rings. The molecule has 4 nitrogen and oxygen atoms in total. The molecule has 1 heterocycles. The number of anilines is 2. The van der Waals surface area contributed by atoms with E-state index >= 15 is 0 Å². The molecule has 3 N–H and O–H groups in total. The Kier molecular flexibility index (Phi) is 6.54. The van der Waals surface area contributed by atoms with Gasteiger partial charge >= 0.3 is 0 Å². The number of piperidine rings is 1. The first-order chi connectivity index (χ1) is 10.3. The van der Waals surface area contributed by atoms with Crippen LogP contribution in [0.5, 0.6) is 0 Å². The molecule has 1 fully saturated rings. The van der Waals surface area contributed by atoms with Crippen LogP contribution < -0.4 is 16.0 Å². The molecule has 0 unspecified atom stereocenters. The highest BCUT2D eigenvalue weighted by Crippen LogP contribution is 2.17. The van der Waals surface area contributed by atoms with Crippen molar-refractivity contribution in [3.05, 3.63) is 24.3 Å². The average Bonchev–Trinajstić information content (AvgIpc) is 2.50. The maximum absolute atomic E-state index is 12.0. The molecule has 0 bridgehead atoms. The Labute approximate surface area is 127 Å². The van der Waals surface area contributed by atoms with Crippen LogP contribution in [0.1, 0.15) is 39.0 Å². The number of rotatable bonds is 7. The predicted molar refractivity (Wildman–Crippen MR) is 88.7 cm³/mol. The number of unbranched alkanes of at least 4 members (excludes halogenated alkanes) is 1. The highest BCUT2D eigenvalue weighted by Gasteiger charge is 2.16. The third-order valence-electron chi connectivity index (χ3n) is 3.90. The van der Waals surface area contributed by atoms with Gasteiger partial charge in [-0.2, -0.15) is 0 Å². The topological polar surface area (TPSA) is 53.2 Å². The van der Waals surface area contributed by atoms with Crippen molar-refractivity contribution >= 4 is 17.3 Å². The summed E-state index contributed by atoms with van der Waals surface area (Å²) < 4.78 is 0. The Morgan fingerprint density at radius 1 is 1.29 bits per heavy atom. The van der Waals surface area contributed by atoms with Gasteiger partial charge < -0.3 is 16.0 Å². The average molecular weight is 289 g/mol. The lowest BCUT2D eigenvalue weighted by Crippen LogP contribution is -2.32. The highest BCUT2D eigenvalue weighted by molar-refractivity contribution is 5.91. The van der Waals surface area contributed by atoms with Crippen molar-refractivity contribution in [2.24, 2.45) is 5.92 Å². The molecule has 21 heavy (non-hydrogen) atoms. The highest BCUT2D eigenvalue weighted by atomic mass is 16.1. The molecule has 0 saturated carbocycles. The summed E-state index contributed by atoms with van der Waals surface area (Å²) >= 11 is 0. The summed E-state index contributed by atoms with van der Waals surface area (Å²) in [6.07, 6.45) is 5.31. The van der Waals surface area contributed by atoms with E-state index in [4.69, 9.17) is 0 Å². The van der Waals surface area contributed by atoms with E-state index in [9.17, 15) is 4.79 Å². The van der Waals surface area contributed by atoms with Crippen LogP contribution in [0.4, 0.5) is 11.4 Å². The van der Waals surface area contributed by atoms with Crippen LogP contribution in [-0.4, -0.2) is 25.5 Å². The van der Waals surface area contributed by atoms with Gasteiger partial charge in [-0.05, 0) is 62.5 Å². The molecule has 1 aliphatic heterocycles. The molecule has 116 valence electrons. The van der Waals surface area contributed by atoms with Crippen LogP contribution in [0.25, 0.3) is 0 Å². The van der Waals surface area contributed by atoms with Gasteiger partial charge in [0.2, 0.25) is 5.91 Å². The van der Waals surface area contributed by atoms with Crippen LogP contribution in [-0.2, 0) is 4.79 Å². The standard InChI is InChI=1S/C17H27N3O/c1-2-3-11-19-15-6-8-16(9-7-15)20-17(21)12-14-5-4-10-18-13-14/h6-9,14,18-19H,2-5,10-13H2,1H3,(H,20,21)/t14-/m0/s1. The van der Waals surface area contributed by atoms with Gasteiger partial charge in [0.25, 0.3) is 0 Å². The molecule has 1 aromatic carbocycles. The van der Waals surface area contributed by atoms with E-state index in [0.29, 0.717) is 12.3 Å². The largest absolute Gasteiger partial charge is 0.385 e. The fourth-order valence-electron chi connectivity index (χ4n) is 2.65. The molecule has 1 amide bonds. The van der Waals surface area contributed by atoms with Crippen molar-refractivity contribution in [1.29, 1.82) is 0 Å². The van der Waals surface area contributed by atoms with Gasteiger partial charge in [0.1, 0.15) is 0 Å². The summed E-state index contributed by atoms with van der Waals surface area (Å²) in [5.41, 5.74) is 1.99. The number of hydrogen-bond donors (Lipinski definition) is 3. The molecule has 1 saturated heterocycles. The van der Waals surface area contributed by atoms with E-state index in [2.05, 4.69) is 22.9 Å². The quantitative estimate of drug-likeness (QED) is 0.676. The first-order valence-corrected chi connectivity index (χ1v) is 8.12. The van der Waals surface area contributed by atoms with Crippen LogP contribution in [0.3, 0.4) is 0 Å². The normalized spacial score (nSPS) is 18.2. The summed E-state index contributed by atoms with van der Waals surface area (Å²) in [7, 11) is 0. The van der Waals surface area contributed by atoms with Gasteiger partial charge in [-0.1, -0.05) is 13.3 Å². The minimum Gasteiger partial charge on any atom is -0.385 e. The van der Waals surface area contributed by atoms with Crippen LogP contribution in [0.15, 0.2) is 24.3 Å². The van der Waals surface area contributed by atoms with Crippen molar-refractivity contribution in [3.63, 3.8) is 0 Å². The Balaban J connectivity index is 1.75. The summed E-state index contributed by atoms with van der Waals surface area (Å²) in [6, 6.07) is 7.97. The molecule has 0 spiro atoms. The van der Waals surface area contributed by atoms with Crippen LogP contribution in [0.2, 0.25) is 0 Å². The van der Waals surface area contributed by atoms with Gasteiger partial charge in [-0.15, -0.1) is 0 Å². The third-order valence-corrected chi connectivity index (χ3v) is 3.90. The van der Waals surface area contributed by atoms with Crippen LogP contribution >= 0.6 is 0 Å². The smallest absolute Gasteiger partial charge is 0.224 e. The second kappa shape index (κ2) is 8.67. The number of nitrogens with one attached hydrogen (secondary N) is 3. The minimum atomic E-state index is 0.121. The zero-order chi connectivity index (χ0) is 14.9. The van der Waals surface area contributed by atoms with E-state index < -0.39 is 0 Å². The number of carbonyl (C=O) groups is 1. The summed E-state index contributed by atoms with van der Waals surface area (Å²) in [5.74, 6) is 0.601. The molecule has 1 aromatic rings. The molecular formula is C17H27N3O. The molecule has 2 rings (SSSR count). The monoisotopic (exact) mass is 289 g/mol. The van der Waals surface area contributed by atoms with Crippen LogP contribution in [0, 0.1) is 5.92 Å². The van der Waals surface area contributed by atoms with Gasteiger partial charge in [0.15, 0.2) is 0 Å². The molecule has 4 heteroatoms. The van der Waals surface area contributed by atoms with E-state index in [1.807, 2.05) is 24.3 Å². The zero-order valence-electron chi connectivity index (χ0n) is 13.0. The van der Waals surface area contributed by atoms with E-state index in [1.165, 1.54) is 19.3 Å². The lowest BCUT2D eigenvalue weighted by atomic mass is 9.96. The number of benzene rings is 1. The second-order valence-corrected chi connectivity index (χ2v) is 5.82. The maximum Gasteiger partial charge on any atom is 0.224 e. The van der Waals surface area contributed by atoms with E-state index in [1.54, 1.807) is 0 Å². The number of amides is 1. The fraction of sp³-hybridized carbons (Fsp3) is 0.588. The van der Waals surface area contributed by atoms with Gasteiger partial charge in [-0.3, -0.25) is 4.79 Å². The molecule has 0 aromatic heterocycles. The van der Waals surface area contributed by atoms with Crippen molar-refractivity contribution in [2.75, 3.05) is 30.3 Å². The maximum atomic E-state index is 12.0. The Bertz CT molecular complexity index is 424. The van der Waals surface area contributed by atoms with E-state index in [-0.39, 0.29) is 5.91 Å². The van der Waals surface area contributed by atoms with Crippen molar-refractivity contribution in [3.8, 4) is 0 Å². The molecule has 1 atom stereocenters. The third kappa shape index (κ3) is 5.76. The Morgan fingerprint density at radius 3 is 2.71 bits per heavy atom. The van der Waals surface area contributed by atoms with Crippen molar-refractivity contribution in [1.82, 2.24) is 5.32 Å². The second-order valence-electron chi connectivity index (χ2n) is 5.82.